The van der Waals surface area contributed by atoms with Crippen LogP contribution in [0.5, 0.6) is 0 Å². The van der Waals surface area contributed by atoms with Crippen molar-refractivity contribution in [2.75, 3.05) is 0 Å². The van der Waals surface area contributed by atoms with Gasteiger partial charge in [0.05, 0.1) is 5.02 Å². The Labute approximate surface area is 158 Å². The first kappa shape index (κ1) is 18.2. The first-order valence-corrected chi connectivity index (χ1v) is 9.00. The van der Waals surface area contributed by atoms with E-state index in [2.05, 4.69) is 22.6 Å². The highest BCUT2D eigenvalue weighted by Gasteiger charge is 2.23. The van der Waals surface area contributed by atoms with E-state index in [0.29, 0.717) is 27.6 Å². The molecule has 0 aliphatic carbocycles. The van der Waals surface area contributed by atoms with Gasteiger partial charge in [0.1, 0.15) is 17.0 Å². The molecule has 0 fully saturated rings. The summed E-state index contributed by atoms with van der Waals surface area (Å²) in [6, 6.07) is 17.5. The molecule has 0 bridgehead atoms. The largest absolute Gasteiger partial charge is 0.360 e. The summed E-state index contributed by atoms with van der Waals surface area (Å²) in [5.74, 6) is 0.284. The Morgan fingerprint density at radius 1 is 1.15 bits per heavy atom. The summed E-state index contributed by atoms with van der Waals surface area (Å²) in [7, 11) is 0. The second-order valence-electron chi connectivity index (χ2n) is 6.34. The van der Waals surface area contributed by atoms with Crippen LogP contribution in [0, 0.1) is 6.92 Å². The summed E-state index contributed by atoms with van der Waals surface area (Å²) < 4.78 is 5.27. The summed E-state index contributed by atoms with van der Waals surface area (Å²) in [5.41, 5.74) is 2.85. The third-order valence-corrected chi connectivity index (χ3v) is 4.63. The van der Waals surface area contributed by atoms with E-state index >= 15 is 0 Å². The van der Waals surface area contributed by atoms with Crippen molar-refractivity contribution in [1.82, 2.24) is 10.5 Å². The van der Waals surface area contributed by atoms with E-state index in [-0.39, 0.29) is 11.9 Å². The van der Waals surface area contributed by atoms with Gasteiger partial charge in [0.25, 0.3) is 5.91 Å². The van der Waals surface area contributed by atoms with E-state index in [4.69, 9.17) is 16.1 Å². The van der Waals surface area contributed by atoms with E-state index in [0.717, 1.165) is 12.8 Å². The second kappa shape index (κ2) is 8.19. The lowest BCUT2D eigenvalue weighted by Gasteiger charge is -2.14. The van der Waals surface area contributed by atoms with Crippen molar-refractivity contribution in [3.05, 3.63) is 76.5 Å². The molecule has 134 valence electrons. The molecule has 0 radical (unpaired) electrons. The molecule has 0 aliphatic heterocycles. The fourth-order valence-corrected chi connectivity index (χ4v) is 3.10. The summed E-state index contributed by atoms with van der Waals surface area (Å²) in [6.07, 6.45) is 1.75. The number of amides is 1. The van der Waals surface area contributed by atoms with Crippen molar-refractivity contribution in [3.8, 4) is 11.3 Å². The van der Waals surface area contributed by atoms with Crippen LogP contribution in [-0.2, 0) is 6.42 Å². The lowest BCUT2D eigenvalue weighted by Crippen LogP contribution is -2.33. The van der Waals surface area contributed by atoms with Gasteiger partial charge in [0, 0.05) is 11.6 Å². The van der Waals surface area contributed by atoms with Crippen LogP contribution in [0.25, 0.3) is 11.3 Å². The maximum atomic E-state index is 12.8. The minimum absolute atomic E-state index is 0.0242. The van der Waals surface area contributed by atoms with Crippen LogP contribution in [0.15, 0.2) is 59.1 Å². The fourth-order valence-electron chi connectivity index (χ4n) is 2.87. The smallest absolute Gasteiger partial charge is 0.257 e. The van der Waals surface area contributed by atoms with Crippen LogP contribution in [0.4, 0.5) is 0 Å². The first-order chi connectivity index (χ1) is 12.6. The van der Waals surface area contributed by atoms with Crippen LogP contribution in [0.1, 0.15) is 35.0 Å². The molecule has 1 amide bonds. The molecule has 1 atom stereocenters. The van der Waals surface area contributed by atoms with Crippen molar-refractivity contribution in [3.63, 3.8) is 0 Å². The molecule has 26 heavy (non-hydrogen) atoms. The summed E-state index contributed by atoms with van der Waals surface area (Å²) in [6.45, 7) is 3.73. The molecule has 1 aromatic heterocycles. The first-order valence-electron chi connectivity index (χ1n) is 8.62. The minimum Gasteiger partial charge on any atom is -0.360 e. The van der Waals surface area contributed by atoms with Crippen LogP contribution in [0.2, 0.25) is 5.02 Å². The second-order valence-corrected chi connectivity index (χ2v) is 6.75. The molecule has 0 saturated heterocycles. The van der Waals surface area contributed by atoms with Crippen molar-refractivity contribution in [2.24, 2.45) is 0 Å². The Morgan fingerprint density at radius 3 is 2.58 bits per heavy atom. The number of hydrogen-bond acceptors (Lipinski definition) is 3. The molecule has 5 heteroatoms. The molecule has 0 spiro atoms. The zero-order chi connectivity index (χ0) is 18.5. The van der Waals surface area contributed by atoms with Gasteiger partial charge >= 0.3 is 0 Å². The maximum Gasteiger partial charge on any atom is 0.257 e. The van der Waals surface area contributed by atoms with Crippen LogP contribution in [-0.4, -0.2) is 17.1 Å². The number of benzene rings is 2. The van der Waals surface area contributed by atoms with E-state index < -0.39 is 0 Å². The number of carbonyl (C=O) groups excluding carboxylic acids is 1. The molecule has 2 aromatic carbocycles. The Bertz CT molecular complexity index is 890. The van der Waals surface area contributed by atoms with Crippen LogP contribution < -0.4 is 5.32 Å². The third-order valence-electron chi connectivity index (χ3n) is 4.31. The van der Waals surface area contributed by atoms with E-state index in [9.17, 15) is 4.79 Å². The highest BCUT2D eigenvalue weighted by atomic mass is 35.5. The van der Waals surface area contributed by atoms with Gasteiger partial charge in [-0.1, -0.05) is 65.3 Å². The number of hydrogen-bond donors (Lipinski definition) is 1. The summed E-state index contributed by atoms with van der Waals surface area (Å²) in [5, 5.41) is 7.62. The number of halogens is 1. The Hall–Kier alpha value is -2.59. The topological polar surface area (TPSA) is 55.1 Å². The third kappa shape index (κ3) is 4.14. The van der Waals surface area contributed by atoms with Gasteiger partial charge in [-0.05, 0) is 38.3 Å². The van der Waals surface area contributed by atoms with Gasteiger partial charge in [-0.25, -0.2) is 0 Å². The molecule has 3 aromatic rings. The average molecular weight is 369 g/mol. The number of nitrogens with one attached hydrogen (secondary N) is 1. The predicted molar refractivity (Wildman–Crippen MR) is 103 cm³/mol. The average Bonchev–Trinajstić information content (AvgIpc) is 3.02. The van der Waals surface area contributed by atoms with Crippen molar-refractivity contribution >= 4 is 17.5 Å². The number of carbonyl (C=O) groups is 1. The number of nitrogens with zero attached hydrogens (tertiary/aromatic N) is 1. The van der Waals surface area contributed by atoms with Gasteiger partial charge in [-0.15, -0.1) is 0 Å². The minimum atomic E-state index is -0.195. The zero-order valence-corrected chi connectivity index (χ0v) is 15.6. The normalized spacial score (nSPS) is 12.0. The van der Waals surface area contributed by atoms with Gasteiger partial charge in [0.2, 0.25) is 0 Å². The van der Waals surface area contributed by atoms with Gasteiger partial charge in [-0.3, -0.25) is 4.79 Å². The monoisotopic (exact) mass is 368 g/mol. The van der Waals surface area contributed by atoms with Crippen molar-refractivity contribution in [2.45, 2.75) is 32.7 Å². The number of aromatic nitrogens is 1. The highest BCUT2D eigenvalue weighted by Crippen LogP contribution is 2.31. The SMILES string of the molecule is Cc1onc(-c2ccccc2Cl)c1C(=O)NC(C)CCc1ccccc1. The van der Waals surface area contributed by atoms with Crippen LogP contribution >= 0.6 is 11.6 Å². The van der Waals surface area contributed by atoms with Gasteiger partial charge < -0.3 is 9.84 Å². The Kier molecular flexibility index (Phi) is 5.74. The number of rotatable bonds is 6. The van der Waals surface area contributed by atoms with Gasteiger partial charge in [-0.2, -0.15) is 0 Å². The van der Waals surface area contributed by atoms with Crippen molar-refractivity contribution < 1.29 is 9.32 Å². The molecule has 0 aliphatic rings. The summed E-state index contributed by atoms with van der Waals surface area (Å²) in [4.78, 5) is 12.8. The molecule has 1 heterocycles. The summed E-state index contributed by atoms with van der Waals surface area (Å²) >= 11 is 6.25. The molecular formula is C21H21ClN2O2. The van der Waals surface area contributed by atoms with Gasteiger partial charge in [0.15, 0.2) is 0 Å². The van der Waals surface area contributed by atoms with Crippen LogP contribution in [0.3, 0.4) is 0 Å². The number of aryl methyl sites for hydroxylation is 2. The van der Waals surface area contributed by atoms with E-state index in [1.165, 1.54) is 5.56 Å². The Morgan fingerprint density at radius 2 is 1.85 bits per heavy atom. The zero-order valence-electron chi connectivity index (χ0n) is 14.8. The highest BCUT2D eigenvalue weighted by molar-refractivity contribution is 6.33. The predicted octanol–water partition coefficient (Wildman–Crippen LogP) is 5.05. The lowest BCUT2D eigenvalue weighted by molar-refractivity contribution is 0.0937. The molecule has 1 unspecified atom stereocenters. The molecule has 1 N–H and O–H groups in total. The molecule has 0 saturated carbocycles. The lowest BCUT2D eigenvalue weighted by atomic mass is 10.0. The van der Waals surface area contributed by atoms with E-state index in [1.807, 2.05) is 43.3 Å². The molecule has 4 nitrogen and oxygen atoms in total. The standard InChI is InChI=1S/C21H21ClN2O2/c1-14(12-13-16-8-4-3-5-9-16)23-21(25)19-15(2)26-24-20(19)17-10-6-7-11-18(17)22/h3-11,14H,12-13H2,1-2H3,(H,23,25). The molecule has 3 rings (SSSR count). The molecular weight excluding hydrogens is 348 g/mol. The van der Waals surface area contributed by atoms with Crippen molar-refractivity contribution in [1.29, 1.82) is 0 Å². The Balaban J connectivity index is 1.72. The van der Waals surface area contributed by atoms with E-state index in [1.54, 1.807) is 13.0 Å². The maximum absolute atomic E-state index is 12.8. The quantitative estimate of drug-likeness (QED) is 0.662. The fraction of sp³-hybridized carbons (Fsp3) is 0.238.